The number of imidazole rings is 1. The van der Waals surface area contributed by atoms with Gasteiger partial charge >= 0.3 is 0 Å². The van der Waals surface area contributed by atoms with Gasteiger partial charge in [0, 0.05) is 25.1 Å². The van der Waals surface area contributed by atoms with Crippen LogP contribution >= 0.6 is 0 Å². The Morgan fingerprint density at radius 1 is 1.18 bits per heavy atom. The lowest BCUT2D eigenvalue weighted by Gasteiger charge is -2.11. The summed E-state index contributed by atoms with van der Waals surface area (Å²) >= 11 is 0. The smallest absolute Gasteiger partial charge is 0.263 e. The molecule has 1 amide bonds. The van der Waals surface area contributed by atoms with Crippen LogP contribution in [0.5, 0.6) is 0 Å². The predicted molar refractivity (Wildman–Crippen MR) is 98.7 cm³/mol. The lowest BCUT2D eigenvalue weighted by molar-refractivity contribution is 0.0949. The van der Waals surface area contributed by atoms with E-state index in [4.69, 9.17) is 0 Å². The third-order valence-corrected chi connectivity index (χ3v) is 4.09. The summed E-state index contributed by atoms with van der Waals surface area (Å²) in [4.78, 5) is 39.3. The number of carbonyl (C=O) groups excluding carboxylic acids is 1. The first-order valence-corrected chi connectivity index (χ1v) is 8.46. The summed E-state index contributed by atoms with van der Waals surface area (Å²) in [7, 11) is 0. The minimum absolute atomic E-state index is 0.0533. The lowest BCUT2D eigenvalue weighted by Crippen LogP contribution is -2.30. The average molecular weight is 376 g/mol. The first-order valence-electron chi connectivity index (χ1n) is 8.46. The molecule has 10 nitrogen and oxygen atoms in total. The SMILES string of the molecule is O=C(NCc1ccccc1-n1ccnc1)c1cnc(Cn2cncn2)[nH]c1=O. The fourth-order valence-electron chi connectivity index (χ4n) is 2.73. The van der Waals surface area contributed by atoms with Crippen molar-refractivity contribution < 1.29 is 4.79 Å². The highest BCUT2D eigenvalue weighted by Crippen LogP contribution is 2.13. The zero-order chi connectivity index (χ0) is 19.3. The third kappa shape index (κ3) is 3.70. The van der Waals surface area contributed by atoms with Gasteiger partial charge in [0.15, 0.2) is 0 Å². The molecule has 0 aliphatic rings. The molecule has 0 aliphatic carbocycles. The topological polar surface area (TPSA) is 123 Å². The Bertz CT molecular complexity index is 1130. The monoisotopic (exact) mass is 376 g/mol. The Balaban J connectivity index is 1.47. The second-order valence-corrected chi connectivity index (χ2v) is 5.95. The fraction of sp³-hybridized carbons (Fsp3) is 0.111. The van der Waals surface area contributed by atoms with E-state index in [0.717, 1.165) is 11.3 Å². The highest BCUT2D eigenvalue weighted by molar-refractivity contribution is 5.93. The van der Waals surface area contributed by atoms with E-state index in [1.807, 2.05) is 35.0 Å². The number of aromatic amines is 1. The van der Waals surface area contributed by atoms with Gasteiger partial charge in [0.2, 0.25) is 0 Å². The van der Waals surface area contributed by atoms with Crippen molar-refractivity contribution in [3.8, 4) is 5.69 Å². The third-order valence-electron chi connectivity index (χ3n) is 4.09. The number of rotatable bonds is 6. The Morgan fingerprint density at radius 2 is 2.07 bits per heavy atom. The largest absolute Gasteiger partial charge is 0.348 e. The fourth-order valence-corrected chi connectivity index (χ4v) is 2.73. The summed E-state index contributed by atoms with van der Waals surface area (Å²) in [5.41, 5.74) is 1.23. The first kappa shape index (κ1) is 17.3. The highest BCUT2D eigenvalue weighted by Gasteiger charge is 2.13. The Labute approximate surface area is 158 Å². The van der Waals surface area contributed by atoms with E-state index in [1.54, 1.807) is 12.5 Å². The van der Waals surface area contributed by atoms with Crippen LogP contribution in [-0.4, -0.2) is 40.2 Å². The zero-order valence-electron chi connectivity index (χ0n) is 14.7. The summed E-state index contributed by atoms with van der Waals surface area (Å²) in [5.74, 6) is -0.112. The standard InChI is InChI=1S/C18H16N8O2/c27-17(14-8-21-16(24-18(14)28)9-26-12-20-10-23-26)22-7-13-3-1-2-4-15(13)25-6-5-19-11-25/h1-6,8,10-12H,7,9H2,(H,22,27)(H,21,24,28). The Morgan fingerprint density at radius 3 is 2.82 bits per heavy atom. The van der Waals surface area contributed by atoms with Gasteiger partial charge in [-0.3, -0.25) is 9.59 Å². The van der Waals surface area contributed by atoms with Gasteiger partial charge in [-0.15, -0.1) is 0 Å². The van der Waals surface area contributed by atoms with Crippen molar-refractivity contribution in [2.45, 2.75) is 13.1 Å². The van der Waals surface area contributed by atoms with Crippen LogP contribution in [-0.2, 0) is 13.1 Å². The molecule has 28 heavy (non-hydrogen) atoms. The summed E-state index contributed by atoms with van der Waals surface area (Å²) in [6, 6.07) is 7.62. The molecule has 140 valence electrons. The van der Waals surface area contributed by atoms with Crippen LogP contribution in [0.1, 0.15) is 21.7 Å². The molecule has 0 aliphatic heterocycles. The van der Waals surface area contributed by atoms with Gasteiger partial charge in [0.1, 0.15) is 30.6 Å². The number of benzene rings is 1. The van der Waals surface area contributed by atoms with Crippen LogP contribution < -0.4 is 10.9 Å². The molecule has 0 spiro atoms. The number of hydrogen-bond donors (Lipinski definition) is 2. The summed E-state index contributed by atoms with van der Waals surface area (Å²) < 4.78 is 3.37. The van der Waals surface area contributed by atoms with Crippen molar-refractivity contribution in [1.29, 1.82) is 0 Å². The number of aromatic nitrogens is 7. The van der Waals surface area contributed by atoms with E-state index in [9.17, 15) is 9.59 Å². The number of nitrogens with one attached hydrogen (secondary N) is 2. The molecule has 10 heteroatoms. The van der Waals surface area contributed by atoms with E-state index < -0.39 is 11.5 Å². The molecule has 0 radical (unpaired) electrons. The molecule has 0 atom stereocenters. The molecule has 0 fully saturated rings. The van der Waals surface area contributed by atoms with Crippen LogP contribution in [0.4, 0.5) is 0 Å². The quantitative estimate of drug-likeness (QED) is 0.506. The van der Waals surface area contributed by atoms with E-state index >= 15 is 0 Å². The Hall–Kier alpha value is -4.08. The minimum Gasteiger partial charge on any atom is -0.348 e. The second kappa shape index (κ2) is 7.66. The molecule has 3 heterocycles. The van der Waals surface area contributed by atoms with Crippen LogP contribution in [0, 0.1) is 0 Å². The average Bonchev–Trinajstić information content (AvgIpc) is 3.41. The van der Waals surface area contributed by atoms with E-state index in [0.29, 0.717) is 5.82 Å². The number of hydrogen-bond acceptors (Lipinski definition) is 6. The van der Waals surface area contributed by atoms with Gasteiger partial charge in [0.25, 0.3) is 11.5 Å². The molecular formula is C18H16N8O2. The van der Waals surface area contributed by atoms with E-state index in [2.05, 4.69) is 30.4 Å². The van der Waals surface area contributed by atoms with E-state index in [-0.39, 0.29) is 18.7 Å². The second-order valence-electron chi connectivity index (χ2n) is 5.95. The van der Waals surface area contributed by atoms with Crippen LogP contribution in [0.15, 0.2) is 66.6 Å². The van der Waals surface area contributed by atoms with Crippen LogP contribution in [0.3, 0.4) is 0 Å². The molecular weight excluding hydrogens is 360 g/mol. The molecule has 0 bridgehead atoms. The van der Waals surface area contributed by atoms with Gasteiger partial charge in [-0.05, 0) is 11.6 Å². The summed E-state index contributed by atoms with van der Waals surface area (Å²) in [6.07, 6.45) is 9.36. The first-order chi connectivity index (χ1) is 13.7. The number of carbonyl (C=O) groups is 1. The van der Waals surface area contributed by atoms with E-state index in [1.165, 1.54) is 23.5 Å². The minimum atomic E-state index is -0.509. The molecule has 4 rings (SSSR count). The molecule has 3 aromatic heterocycles. The number of nitrogens with zero attached hydrogens (tertiary/aromatic N) is 6. The van der Waals surface area contributed by atoms with Crippen LogP contribution in [0.2, 0.25) is 0 Å². The molecule has 0 saturated heterocycles. The number of para-hydroxylation sites is 1. The van der Waals surface area contributed by atoms with Gasteiger partial charge in [-0.2, -0.15) is 5.10 Å². The molecule has 4 aromatic rings. The number of H-pyrrole nitrogens is 1. The van der Waals surface area contributed by atoms with Crippen molar-refractivity contribution in [1.82, 2.24) is 39.6 Å². The van der Waals surface area contributed by atoms with Crippen molar-refractivity contribution >= 4 is 5.91 Å². The number of amides is 1. The molecule has 0 unspecified atom stereocenters. The maximum absolute atomic E-state index is 12.4. The van der Waals surface area contributed by atoms with Crippen molar-refractivity contribution in [3.05, 3.63) is 89.1 Å². The summed E-state index contributed by atoms with van der Waals surface area (Å²) in [6.45, 7) is 0.517. The summed E-state index contributed by atoms with van der Waals surface area (Å²) in [5, 5.41) is 6.71. The Kier molecular flexibility index (Phi) is 4.74. The normalized spacial score (nSPS) is 10.7. The highest BCUT2D eigenvalue weighted by atomic mass is 16.2. The molecule has 2 N–H and O–H groups in total. The lowest BCUT2D eigenvalue weighted by atomic mass is 10.1. The van der Waals surface area contributed by atoms with Gasteiger partial charge in [-0.25, -0.2) is 19.6 Å². The maximum Gasteiger partial charge on any atom is 0.263 e. The maximum atomic E-state index is 12.4. The molecule has 0 saturated carbocycles. The van der Waals surface area contributed by atoms with Crippen molar-refractivity contribution in [2.24, 2.45) is 0 Å². The van der Waals surface area contributed by atoms with Gasteiger partial charge in [0.05, 0.1) is 12.0 Å². The van der Waals surface area contributed by atoms with Crippen molar-refractivity contribution in [3.63, 3.8) is 0 Å². The zero-order valence-corrected chi connectivity index (χ0v) is 14.7. The molecule has 1 aromatic carbocycles. The van der Waals surface area contributed by atoms with Crippen LogP contribution in [0.25, 0.3) is 5.69 Å². The van der Waals surface area contributed by atoms with Gasteiger partial charge < -0.3 is 14.9 Å². The predicted octanol–water partition coefficient (Wildman–Crippen LogP) is 0.525. The van der Waals surface area contributed by atoms with Gasteiger partial charge in [-0.1, -0.05) is 18.2 Å². The van der Waals surface area contributed by atoms with Crippen molar-refractivity contribution in [2.75, 3.05) is 0 Å².